The summed E-state index contributed by atoms with van der Waals surface area (Å²) < 4.78 is 13.3. The second kappa shape index (κ2) is 6.88. The topological polar surface area (TPSA) is 23.6 Å². The molecule has 0 heterocycles. The molecular weight excluding hydrogens is 267 g/mol. The van der Waals surface area contributed by atoms with E-state index in [4.69, 9.17) is 0 Å². The van der Waals surface area contributed by atoms with Crippen LogP contribution in [0.3, 0.4) is 0 Å². The van der Waals surface area contributed by atoms with Gasteiger partial charge in [-0.1, -0.05) is 24.3 Å². The first-order chi connectivity index (χ1) is 10.1. The second-order valence-electron chi connectivity index (χ2n) is 4.78. The lowest BCUT2D eigenvalue weighted by molar-refractivity contribution is -0.117. The molecular formula is C17H19FN2O. The number of carbonyl (C=O) groups is 1. The Morgan fingerprint density at radius 2 is 1.71 bits per heavy atom. The maximum Gasteiger partial charge on any atom is 0.246 e. The Labute approximate surface area is 124 Å². The van der Waals surface area contributed by atoms with Crippen molar-refractivity contribution in [2.75, 3.05) is 29.9 Å². The highest BCUT2D eigenvalue weighted by Gasteiger charge is 2.15. The standard InChI is InChI=1S/C17H19FN2O/c1-3-20(16-11-7-8-14(18)12-16)13-17(21)19(2)15-9-5-4-6-10-15/h4-12H,3,13H2,1-2H3. The van der Waals surface area contributed by atoms with Crippen LogP contribution in [0.25, 0.3) is 0 Å². The average Bonchev–Trinajstić information content (AvgIpc) is 2.52. The van der Waals surface area contributed by atoms with Gasteiger partial charge in [0.15, 0.2) is 0 Å². The third kappa shape index (κ3) is 3.81. The predicted molar refractivity (Wildman–Crippen MR) is 84.1 cm³/mol. The Hall–Kier alpha value is -2.36. The fraction of sp³-hybridized carbons (Fsp3) is 0.235. The van der Waals surface area contributed by atoms with E-state index in [1.807, 2.05) is 48.2 Å². The van der Waals surface area contributed by atoms with Crippen molar-refractivity contribution in [3.8, 4) is 0 Å². The first-order valence-corrected chi connectivity index (χ1v) is 6.94. The van der Waals surface area contributed by atoms with Crippen LogP contribution in [0.5, 0.6) is 0 Å². The molecule has 110 valence electrons. The fourth-order valence-electron chi connectivity index (χ4n) is 2.12. The molecule has 0 aromatic heterocycles. The van der Waals surface area contributed by atoms with Crippen molar-refractivity contribution in [2.45, 2.75) is 6.92 Å². The third-order valence-corrected chi connectivity index (χ3v) is 3.40. The van der Waals surface area contributed by atoms with Crippen molar-refractivity contribution in [2.24, 2.45) is 0 Å². The number of nitrogens with zero attached hydrogens (tertiary/aromatic N) is 2. The summed E-state index contributed by atoms with van der Waals surface area (Å²) in [6, 6.07) is 15.8. The Balaban J connectivity index is 2.10. The van der Waals surface area contributed by atoms with Gasteiger partial charge in [0.2, 0.25) is 5.91 Å². The maximum atomic E-state index is 13.3. The van der Waals surface area contributed by atoms with Crippen LogP contribution in [0.4, 0.5) is 15.8 Å². The first kappa shape index (κ1) is 15.0. The van der Waals surface area contributed by atoms with E-state index in [0.29, 0.717) is 12.2 Å². The number of benzene rings is 2. The van der Waals surface area contributed by atoms with Gasteiger partial charge in [-0.2, -0.15) is 0 Å². The number of anilines is 2. The van der Waals surface area contributed by atoms with Gasteiger partial charge in [-0.25, -0.2) is 4.39 Å². The molecule has 4 heteroatoms. The van der Waals surface area contributed by atoms with Crippen molar-refractivity contribution in [3.63, 3.8) is 0 Å². The Kier molecular flexibility index (Phi) is 4.93. The van der Waals surface area contributed by atoms with E-state index < -0.39 is 0 Å². The van der Waals surface area contributed by atoms with Gasteiger partial charge in [0.25, 0.3) is 0 Å². The van der Waals surface area contributed by atoms with Crippen molar-refractivity contribution >= 4 is 17.3 Å². The number of halogens is 1. The quantitative estimate of drug-likeness (QED) is 0.842. The molecule has 0 radical (unpaired) electrons. The molecule has 0 atom stereocenters. The molecule has 0 saturated heterocycles. The minimum atomic E-state index is -0.296. The van der Waals surface area contributed by atoms with Crippen molar-refractivity contribution in [3.05, 3.63) is 60.4 Å². The zero-order valence-electron chi connectivity index (χ0n) is 12.3. The highest BCUT2D eigenvalue weighted by atomic mass is 19.1. The van der Waals surface area contributed by atoms with Crippen LogP contribution in [-0.2, 0) is 4.79 Å². The van der Waals surface area contributed by atoms with Crippen LogP contribution in [-0.4, -0.2) is 26.0 Å². The van der Waals surface area contributed by atoms with Gasteiger partial charge in [-0.3, -0.25) is 4.79 Å². The summed E-state index contributed by atoms with van der Waals surface area (Å²) in [4.78, 5) is 15.8. The molecule has 0 aliphatic heterocycles. The minimum absolute atomic E-state index is 0.0349. The molecule has 1 amide bonds. The number of rotatable bonds is 5. The number of hydrogen-bond donors (Lipinski definition) is 0. The lowest BCUT2D eigenvalue weighted by atomic mass is 10.2. The SMILES string of the molecule is CCN(CC(=O)N(C)c1ccccc1)c1cccc(F)c1. The van der Waals surface area contributed by atoms with Gasteiger partial charge in [0, 0.05) is 25.0 Å². The fourth-order valence-corrected chi connectivity index (χ4v) is 2.12. The maximum absolute atomic E-state index is 13.3. The van der Waals surface area contributed by atoms with Crippen LogP contribution in [0.1, 0.15) is 6.92 Å². The van der Waals surface area contributed by atoms with E-state index in [1.54, 1.807) is 18.0 Å². The molecule has 2 rings (SSSR count). The second-order valence-corrected chi connectivity index (χ2v) is 4.78. The van der Waals surface area contributed by atoms with E-state index in [1.165, 1.54) is 12.1 Å². The molecule has 2 aromatic carbocycles. The number of amides is 1. The van der Waals surface area contributed by atoms with Gasteiger partial charge in [0.1, 0.15) is 5.82 Å². The van der Waals surface area contributed by atoms with Crippen molar-refractivity contribution in [1.29, 1.82) is 0 Å². The molecule has 0 aliphatic carbocycles. The third-order valence-electron chi connectivity index (χ3n) is 3.40. The summed E-state index contributed by atoms with van der Waals surface area (Å²) in [5, 5.41) is 0. The normalized spacial score (nSPS) is 10.2. The summed E-state index contributed by atoms with van der Waals surface area (Å²) in [5.74, 6) is -0.331. The molecule has 0 bridgehead atoms. The molecule has 0 N–H and O–H groups in total. The Morgan fingerprint density at radius 1 is 1.05 bits per heavy atom. The summed E-state index contributed by atoms with van der Waals surface area (Å²) in [6.07, 6.45) is 0. The first-order valence-electron chi connectivity index (χ1n) is 6.94. The van der Waals surface area contributed by atoms with Crippen LogP contribution >= 0.6 is 0 Å². The van der Waals surface area contributed by atoms with Gasteiger partial charge >= 0.3 is 0 Å². The van der Waals surface area contributed by atoms with E-state index in [2.05, 4.69) is 0 Å². The van der Waals surface area contributed by atoms with Crippen molar-refractivity contribution in [1.82, 2.24) is 0 Å². The van der Waals surface area contributed by atoms with Crippen LogP contribution in [0, 0.1) is 5.82 Å². The highest BCUT2D eigenvalue weighted by molar-refractivity contribution is 5.95. The van der Waals surface area contributed by atoms with E-state index in [0.717, 1.165) is 5.69 Å². The van der Waals surface area contributed by atoms with Gasteiger partial charge in [-0.15, -0.1) is 0 Å². The van der Waals surface area contributed by atoms with Gasteiger partial charge in [-0.05, 0) is 37.3 Å². The van der Waals surface area contributed by atoms with Crippen LogP contribution in [0.2, 0.25) is 0 Å². The molecule has 0 unspecified atom stereocenters. The number of para-hydroxylation sites is 1. The predicted octanol–water partition coefficient (Wildman–Crippen LogP) is 3.32. The minimum Gasteiger partial charge on any atom is -0.362 e. The lowest BCUT2D eigenvalue weighted by Gasteiger charge is -2.26. The van der Waals surface area contributed by atoms with Crippen LogP contribution in [0.15, 0.2) is 54.6 Å². The van der Waals surface area contributed by atoms with Crippen LogP contribution < -0.4 is 9.80 Å². The number of likely N-dealkylation sites (N-methyl/N-ethyl adjacent to an activating group) is 2. The van der Waals surface area contributed by atoms with Crippen molar-refractivity contribution < 1.29 is 9.18 Å². The Morgan fingerprint density at radius 3 is 2.33 bits per heavy atom. The lowest BCUT2D eigenvalue weighted by Crippen LogP contribution is -2.38. The largest absolute Gasteiger partial charge is 0.362 e. The smallest absolute Gasteiger partial charge is 0.246 e. The molecule has 3 nitrogen and oxygen atoms in total. The molecule has 21 heavy (non-hydrogen) atoms. The van der Waals surface area contributed by atoms with Gasteiger partial charge < -0.3 is 9.80 Å². The Bertz CT molecular complexity index is 601. The summed E-state index contributed by atoms with van der Waals surface area (Å²) in [7, 11) is 1.75. The summed E-state index contributed by atoms with van der Waals surface area (Å²) in [6.45, 7) is 2.80. The molecule has 0 spiro atoms. The van der Waals surface area contributed by atoms with E-state index in [9.17, 15) is 9.18 Å². The number of hydrogen-bond acceptors (Lipinski definition) is 2. The molecule has 0 aliphatic rings. The molecule has 2 aromatic rings. The summed E-state index contributed by atoms with van der Waals surface area (Å²) in [5.41, 5.74) is 1.56. The monoisotopic (exact) mass is 286 g/mol. The molecule has 0 fully saturated rings. The van der Waals surface area contributed by atoms with E-state index in [-0.39, 0.29) is 18.3 Å². The van der Waals surface area contributed by atoms with Gasteiger partial charge in [0.05, 0.1) is 6.54 Å². The molecule has 0 saturated carbocycles. The zero-order valence-corrected chi connectivity index (χ0v) is 12.3. The summed E-state index contributed by atoms with van der Waals surface area (Å²) >= 11 is 0. The van der Waals surface area contributed by atoms with E-state index >= 15 is 0 Å². The number of carbonyl (C=O) groups excluding carboxylic acids is 1. The highest BCUT2D eigenvalue weighted by Crippen LogP contribution is 2.17. The zero-order chi connectivity index (χ0) is 15.2. The average molecular weight is 286 g/mol.